The van der Waals surface area contributed by atoms with Crippen LogP contribution in [-0.2, 0) is 27.0 Å². The summed E-state index contributed by atoms with van der Waals surface area (Å²) in [5.41, 5.74) is 4.30. The summed E-state index contributed by atoms with van der Waals surface area (Å²) >= 11 is 0. The molecule has 1 N–H and O–H groups in total. The van der Waals surface area contributed by atoms with Crippen LogP contribution in [0.25, 0.3) is 11.1 Å². The summed E-state index contributed by atoms with van der Waals surface area (Å²) in [4.78, 5) is 27.8. The predicted molar refractivity (Wildman–Crippen MR) is 125 cm³/mol. The summed E-state index contributed by atoms with van der Waals surface area (Å²) in [7, 11) is 2.23. The molecule has 0 spiro atoms. The van der Waals surface area contributed by atoms with Crippen LogP contribution in [0.2, 0.25) is 0 Å². The highest BCUT2D eigenvalue weighted by Crippen LogP contribution is 2.43. The van der Waals surface area contributed by atoms with E-state index >= 15 is 0 Å². The Hall–Kier alpha value is -2.87. The van der Waals surface area contributed by atoms with Crippen LogP contribution in [0.1, 0.15) is 25.8 Å². The molecule has 3 rings (SSSR count). The Morgan fingerprint density at radius 3 is 2.45 bits per heavy atom. The van der Waals surface area contributed by atoms with E-state index in [-0.39, 0.29) is 24.5 Å². The number of nitrogens with zero attached hydrogens (tertiary/aromatic N) is 2. The highest BCUT2D eigenvalue weighted by molar-refractivity contribution is 7.85. The molecular formula is C23H29N3O4S. The van der Waals surface area contributed by atoms with Gasteiger partial charge in [-0.2, -0.15) is 0 Å². The summed E-state index contributed by atoms with van der Waals surface area (Å²) < 4.78 is 20.4. The molecule has 2 aromatic carbocycles. The summed E-state index contributed by atoms with van der Waals surface area (Å²) in [6.07, 6.45) is 3.15. The molecule has 7 nitrogen and oxygen atoms in total. The van der Waals surface area contributed by atoms with Gasteiger partial charge in [-0.25, -0.2) is 4.21 Å². The second-order valence-corrected chi connectivity index (χ2v) is 9.04. The average Bonchev–Trinajstić information content (AvgIpc) is 2.71. The molecule has 166 valence electrons. The Morgan fingerprint density at radius 2 is 1.87 bits per heavy atom. The van der Waals surface area contributed by atoms with Crippen LogP contribution in [0.5, 0.6) is 5.75 Å². The van der Waals surface area contributed by atoms with Crippen molar-refractivity contribution < 1.29 is 18.5 Å². The SMILES string of the molecule is CC(=O)N1c2ccc(-c3ccc(NS(C)=O)cc3)c(OCC(=O)N(C)C)c2CCC1C. The van der Waals surface area contributed by atoms with Gasteiger partial charge >= 0.3 is 0 Å². The zero-order chi connectivity index (χ0) is 22.7. The number of carbonyl (C=O) groups is 2. The topological polar surface area (TPSA) is 79.0 Å². The van der Waals surface area contributed by atoms with Gasteiger partial charge < -0.3 is 19.3 Å². The molecule has 0 saturated heterocycles. The predicted octanol–water partition coefficient (Wildman–Crippen LogP) is 3.21. The minimum atomic E-state index is -1.15. The van der Waals surface area contributed by atoms with Gasteiger partial charge in [0, 0.05) is 50.1 Å². The third kappa shape index (κ3) is 5.07. The van der Waals surface area contributed by atoms with Gasteiger partial charge in [0.2, 0.25) is 5.91 Å². The minimum Gasteiger partial charge on any atom is -0.483 e. The molecule has 2 amide bonds. The van der Waals surface area contributed by atoms with E-state index in [0.717, 1.165) is 40.9 Å². The van der Waals surface area contributed by atoms with Crippen molar-refractivity contribution in [3.63, 3.8) is 0 Å². The molecule has 2 aromatic rings. The number of rotatable bonds is 6. The third-order valence-electron chi connectivity index (χ3n) is 5.38. The van der Waals surface area contributed by atoms with Crippen molar-refractivity contribution in [3.8, 4) is 16.9 Å². The third-order valence-corrected chi connectivity index (χ3v) is 5.91. The number of hydrogen-bond acceptors (Lipinski definition) is 4. The van der Waals surface area contributed by atoms with Crippen LogP contribution in [0, 0.1) is 0 Å². The first kappa shape index (κ1) is 22.8. The largest absolute Gasteiger partial charge is 0.483 e. The summed E-state index contributed by atoms with van der Waals surface area (Å²) in [6.45, 7) is 3.53. The first-order valence-corrected chi connectivity index (χ1v) is 11.7. The van der Waals surface area contributed by atoms with E-state index in [0.29, 0.717) is 5.75 Å². The van der Waals surface area contributed by atoms with Crippen molar-refractivity contribution in [2.45, 2.75) is 32.7 Å². The summed E-state index contributed by atoms with van der Waals surface area (Å²) in [5.74, 6) is 0.478. The number of amides is 2. The molecule has 8 heteroatoms. The fraction of sp³-hybridized carbons (Fsp3) is 0.391. The van der Waals surface area contributed by atoms with Crippen LogP contribution in [0.4, 0.5) is 11.4 Å². The molecule has 1 aliphatic heterocycles. The number of anilines is 2. The molecule has 0 aliphatic carbocycles. The first-order valence-electron chi connectivity index (χ1n) is 10.2. The van der Waals surface area contributed by atoms with Crippen molar-refractivity contribution >= 4 is 34.2 Å². The average molecular weight is 444 g/mol. The van der Waals surface area contributed by atoms with Crippen molar-refractivity contribution in [1.29, 1.82) is 0 Å². The zero-order valence-electron chi connectivity index (χ0n) is 18.6. The van der Waals surface area contributed by atoms with E-state index in [4.69, 9.17) is 4.74 Å². The Bertz CT molecular complexity index is 1000. The van der Waals surface area contributed by atoms with Gasteiger partial charge in [-0.05, 0) is 49.6 Å². The van der Waals surface area contributed by atoms with Gasteiger partial charge in [0.15, 0.2) is 6.61 Å². The highest BCUT2D eigenvalue weighted by Gasteiger charge is 2.30. The lowest BCUT2D eigenvalue weighted by Crippen LogP contribution is -2.41. The fourth-order valence-corrected chi connectivity index (χ4v) is 4.29. The lowest BCUT2D eigenvalue weighted by Gasteiger charge is -2.36. The molecule has 0 saturated carbocycles. The Morgan fingerprint density at radius 1 is 1.19 bits per heavy atom. The lowest BCUT2D eigenvalue weighted by molar-refractivity contribution is -0.130. The van der Waals surface area contributed by atoms with Gasteiger partial charge in [0.25, 0.3) is 5.91 Å². The molecular weight excluding hydrogens is 414 g/mol. The van der Waals surface area contributed by atoms with Gasteiger partial charge in [-0.1, -0.05) is 12.1 Å². The number of hydrogen-bond donors (Lipinski definition) is 1. The van der Waals surface area contributed by atoms with Gasteiger partial charge in [-0.15, -0.1) is 0 Å². The standard InChI is InChI=1S/C23H29N3O4S/c1-15-6-11-20-21(26(15)16(2)27)13-12-19(23(20)30-14-22(28)25(3)4)17-7-9-18(10-8-17)24-31(5)29/h7-10,12-13,15,24H,6,11,14H2,1-5H3. The second kappa shape index (κ2) is 9.51. The maximum absolute atomic E-state index is 12.3. The normalized spacial score (nSPS) is 16.3. The quantitative estimate of drug-likeness (QED) is 0.744. The Kier molecular flexibility index (Phi) is 7.00. The van der Waals surface area contributed by atoms with E-state index in [2.05, 4.69) is 4.72 Å². The number of carbonyl (C=O) groups excluding carboxylic acids is 2. The smallest absolute Gasteiger partial charge is 0.259 e. The molecule has 0 fully saturated rings. The van der Waals surface area contributed by atoms with Crippen molar-refractivity contribution in [3.05, 3.63) is 42.0 Å². The van der Waals surface area contributed by atoms with Crippen LogP contribution in [0.15, 0.2) is 36.4 Å². The summed E-state index contributed by atoms with van der Waals surface area (Å²) in [6, 6.07) is 11.5. The van der Waals surface area contributed by atoms with Crippen molar-refractivity contribution in [1.82, 2.24) is 4.90 Å². The van der Waals surface area contributed by atoms with Gasteiger partial charge in [-0.3, -0.25) is 9.59 Å². The van der Waals surface area contributed by atoms with E-state index < -0.39 is 11.0 Å². The summed E-state index contributed by atoms with van der Waals surface area (Å²) in [5, 5.41) is 0. The molecule has 2 atom stereocenters. The Balaban J connectivity index is 2.07. The maximum atomic E-state index is 12.3. The van der Waals surface area contributed by atoms with Crippen LogP contribution in [0.3, 0.4) is 0 Å². The van der Waals surface area contributed by atoms with Crippen LogP contribution in [-0.4, -0.2) is 53.9 Å². The number of nitrogens with one attached hydrogen (secondary N) is 1. The van der Waals surface area contributed by atoms with E-state index in [1.165, 1.54) is 4.90 Å². The molecule has 0 radical (unpaired) electrons. The lowest BCUT2D eigenvalue weighted by atomic mass is 9.91. The van der Waals surface area contributed by atoms with E-state index in [1.807, 2.05) is 43.3 Å². The molecule has 2 unspecified atom stereocenters. The first-order chi connectivity index (χ1) is 14.7. The van der Waals surface area contributed by atoms with Gasteiger partial charge in [0.1, 0.15) is 16.7 Å². The molecule has 0 bridgehead atoms. The van der Waals surface area contributed by atoms with E-state index in [9.17, 15) is 13.8 Å². The maximum Gasteiger partial charge on any atom is 0.259 e. The minimum absolute atomic E-state index is 0.0143. The van der Waals surface area contributed by atoms with Crippen molar-refractivity contribution in [2.24, 2.45) is 0 Å². The number of fused-ring (bicyclic) bond motifs is 1. The number of ether oxygens (including phenoxy) is 1. The molecule has 31 heavy (non-hydrogen) atoms. The Labute approximate surface area is 186 Å². The number of likely N-dealkylation sites (N-methyl/N-ethyl adjacent to an activating group) is 1. The monoisotopic (exact) mass is 443 g/mol. The number of benzene rings is 2. The second-order valence-electron chi connectivity index (χ2n) is 7.93. The molecule has 1 aliphatic rings. The highest BCUT2D eigenvalue weighted by atomic mass is 32.2. The fourth-order valence-electron chi connectivity index (χ4n) is 3.82. The molecule has 1 heterocycles. The van der Waals surface area contributed by atoms with Gasteiger partial charge in [0.05, 0.1) is 5.69 Å². The van der Waals surface area contributed by atoms with E-state index in [1.54, 1.807) is 32.2 Å². The van der Waals surface area contributed by atoms with Crippen LogP contribution < -0.4 is 14.4 Å². The van der Waals surface area contributed by atoms with Crippen LogP contribution >= 0.6 is 0 Å². The molecule has 0 aromatic heterocycles. The van der Waals surface area contributed by atoms with Crippen molar-refractivity contribution in [2.75, 3.05) is 36.6 Å². The zero-order valence-corrected chi connectivity index (χ0v) is 19.4.